The maximum atomic E-state index is 13.4. The van der Waals surface area contributed by atoms with Crippen molar-refractivity contribution in [3.63, 3.8) is 0 Å². The van der Waals surface area contributed by atoms with Crippen LogP contribution in [0.3, 0.4) is 0 Å². The minimum absolute atomic E-state index is 0.0914. The van der Waals surface area contributed by atoms with Crippen molar-refractivity contribution < 1.29 is 22.7 Å². The number of carbonyl (C=O) groups is 1. The van der Waals surface area contributed by atoms with Gasteiger partial charge >= 0.3 is 6.18 Å². The number of fused-ring (bicyclic) bond motifs is 1. The Kier molecular flexibility index (Phi) is 9.21. The van der Waals surface area contributed by atoms with Crippen molar-refractivity contribution in [2.24, 2.45) is 0 Å². The number of hydrogen-bond donors (Lipinski definition) is 1. The van der Waals surface area contributed by atoms with Crippen LogP contribution in [-0.4, -0.2) is 77.0 Å². The zero-order valence-corrected chi connectivity index (χ0v) is 25.3. The van der Waals surface area contributed by atoms with Gasteiger partial charge in [-0.3, -0.25) is 19.6 Å². The lowest BCUT2D eigenvalue weighted by Gasteiger charge is -2.35. The first kappa shape index (κ1) is 30.8. The number of piperazine rings is 1. The van der Waals surface area contributed by atoms with E-state index in [0.29, 0.717) is 56.6 Å². The molecule has 2 fully saturated rings. The molecule has 0 atom stereocenters. The molecule has 3 aliphatic rings. The third-order valence-corrected chi connectivity index (χ3v) is 8.85. The first-order valence-electron chi connectivity index (χ1n) is 15.3. The van der Waals surface area contributed by atoms with Gasteiger partial charge in [-0.2, -0.15) is 13.2 Å². The molecule has 3 aromatic rings. The van der Waals surface area contributed by atoms with Gasteiger partial charge in [0, 0.05) is 51.4 Å². The molecule has 0 saturated carbocycles. The first-order chi connectivity index (χ1) is 21.7. The van der Waals surface area contributed by atoms with Crippen LogP contribution in [0, 0.1) is 0 Å². The average molecular weight is 619 g/mol. The second kappa shape index (κ2) is 13.4. The Morgan fingerprint density at radius 3 is 2.36 bits per heavy atom. The van der Waals surface area contributed by atoms with Gasteiger partial charge in [0.05, 0.1) is 30.8 Å². The fourth-order valence-electron chi connectivity index (χ4n) is 6.22. The van der Waals surface area contributed by atoms with Crippen LogP contribution in [-0.2, 0) is 30.5 Å². The summed E-state index contributed by atoms with van der Waals surface area (Å²) in [6.07, 6.45) is 3.85. The van der Waals surface area contributed by atoms with Gasteiger partial charge < -0.3 is 15.0 Å². The average Bonchev–Trinajstić information content (AvgIpc) is 3.27. The van der Waals surface area contributed by atoms with Crippen LogP contribution in [0.1, 0.15) is 46.7 Å². The molecule has 1 amide bonds. The number of hydrogen-bond acceptors (Lipinski definition) is 7. The summed E-state index contributed by atoms with van der Waals surface area (Å²) in [5.41, 5.74) is 8.15. The molecule has 4 heterocycles. The molecule has 3 aliphatic heterocycles. The van der Waals surface area contributed by atoms with Gasteiger partial charge in [-0.1, -0.05) is 30.0 Å². The first-order valence-corrected chi connectivity index (χ1v) is 15.3. The molecule has 0 unspecified atom stereocenters. The highest BCUT2D eigenvalue weighted by molar-refractivity contribution is 5.96. The van der Waals surface area contributed by atoms with Crippen molar-refractivity contribution in [2.75, 3.05) is 51.7 Å². The van der Waals surface area contributed by atoms with Crippen LogP contribution in [0.15, 0.2) is 72.4 Å². The molecule has 0 aliphatic carbocycles. The number of rotatable bonds is 7. The van der Waals surface area contributed by atoms with Gasteiger partial charge in [-0.15, -0.1) is 0 Å². The SMILES string of the molecule is COc1cnc(CN2CCC(c3ccc4c(c3)CC=C=C(C(=O)N3CCN(Cc5ccc(C(F)(F)F)cc5)CC3)N4)CC2)cn1. The number of nitrogens with one attached hydrogen (secondary N) is 1. The molecular formula is C34H37F3N6O2. The summed E-state index contributed by atoms with van der Waals surface area (Å²) in [6.45, 7) is 5.69. The third-order valence-electron chi connectivity index (χ3n) is 8.85. The van der Waals surface area contributed by atoms with E-state index in [1.165, 1.54) is 17.7 Å². The fourth-order valence-corrected chi connectivity index (χ4v) is 6.22. The number of anilines is 1. The number of carbonyl (C=O) groups excluding carboxylic acids is 1. The zero-order valence-electron chi connectivity index (χ0n) is 25.3. The van der Waals surface area contributed by atoms with Crippen molar-refractivity contribution >= 4 is 11.6 Å². The summed E-state index contributed by atoms with van der Waals surface area (Å²) in [5.74, 6) is 0.909. The summed E-state index contributed by atoms with van der Waals surface area (Å²) >= 11 is 0. The van der Waals surface area contributed by atoms with Crippen LogP contribution >= 0.6 is 0 Å². The highest BCUT2D eigenvalue weighted by atomic mass is 19.4. The van der Waals surface area contributed by atoms with E-state index in [-0.39, 0.29) is 5.91 Å². The molecule has 2 aromatic carbocycles. The van der Waals surface area contributed by atoms with E-state index in [0.717, 1.165) is 67.1 Å². The van der Waals surface area contributed by atoms with Crippen LogP contribution in [0.4, 0.5) is 18.9 Å². The van der Waals surface area contributed by atoms with Gasteiger partial charge in [0.25, 0.3) is 5.91 Å². The highest BCUT2D eigenvalue weighted by Crippen LogP contribution is 2.33. The number of methoxy groups -OCH3 is 1. The predicted octanol–water partition coefficient (Wildman–Crippen LogP) is 5.24. The van der Waals surface area contributed by atoms with Gasteiger partial charge in [-0.25, -0.2) is 4.98 Å². The molecule has 8 nitrogen and oxygen atoms in total. The van der Waals surface area contributed by atoms with Crippen molar-refractivity contribution in [2.45, 2.75) is 44.4 Å². The Balaban J connectivity index is 0.992. The summed E-state index contributed by atoms with van der Waals surface area (Å²) in [4.78, 5) is 28.5. The molecule has 45 heavy (non-hydrogen) atoms. The Bertz CT molecular complexity index is 1550. The van der Waals surface area contributed by atoms with Gasteiger partial charge in [-0.05, 0) is 72.8 Å². The summed E-state index contributed by atoms with van der Waals surface area (Å²) in [5, 5.41) is 3.35. The lowest BCUT2D eigenvalue weighted by molar-refractivity contribution is -0.137. The second-order valence-electron chi connectivity index (χ2n) is 11.8. The van der Waals surface area contributed by atoms with E-state index in [1.54, 1.807) is 19.5 Å². The molecule has 0 bridgehead atoms. The molecular weight excluding hydrogens is 581 g/mol. The highest BCUT2D eigenvalue weighted by Gasteiger charge is 2.30. The maximum Gasteiger partial charge on any atom is 0.416 e. The number of alkyl halides is 3. The van der Waals surface area contributed by atoms with Gasteiger partial charge in [0.15, 0.2) is 0 Å². The van der Waals surface area contributed by atoms with Gasteiger partial charge in [0.1, 0.15) is 5.70 Å². The normalized spacial score (nSPS) is 18.1. The second-order valence-corrected chi connectivity index (χ2v) is 11.8. The minimum atomic E-state index is -4.34. The van der Waals surface area contributed by atoms with Crippen molar-refractivity contribution in [1.29, 1.82) is 0 Å². The Morgan fingerprint density at radius 1 is 0.956 bits per heavy atom. The molecule has 11 heteroatoms. The molecule has 0 radical (unpaired) electrons. The zero-order chi connectivity index (χ0) is 31.4. The van der Waals surface area contributed by atoms with Crippen LogP contribution in [0.5, 0.6) is 5.88 Å². The monoisotopic (exact) mass is 618 g/mol. The topological polar surface area (TPSA) is 73.8 Å². The fraction of sp³-hybridized carbons (Fsp3) is 0.412. The quantitative estimate of drug-likeness (QED) is 0.364. The van der Waals surface area contributed by atoms with E-state index in [9.17, 15) is 18.0 Å². The predicted molar refractivity (Wildman–Crippen MR) is 165 cm³/mol. The van der Waals surface area contributed by atoms with Crippen molar-refractivity contribution in [3.05, 3.63) is 100 Å². The van der Waals surface area contributed by atoms with Crippen LogP contribution in [0.2, 0.25) is 0 Å². The standard InChI is InChI=1S/C34H37F3N6O2/c1-45-32-21-38-29(20-39-32)23-41-13-11-25(12-14-41)26-7-10-30-27(19-26)3-2-4-31(40-30)33(44)43-17-15-42(16-18-43)22-24-5-8-28(9-6-24)34(35,36)37/h2,5-10,19-21,25,40H,3,11-18,22-23H2,1H3. The molecule has 1 N–H and O–H groups in total. The molecule has 236 valence electrons. The lowest BCUT2D eigenvalue weighted by atomic mass is 9.88. The Hall–Kier alpha value is -4.18. The van der Waals surface area contributed by atoms with Crippen LogP contribution in [0.25, 0.3) is 0 Å². The number of piperidine rings is 1. The minimum Gasteiger partial charge on any atom is -0.480 e. The molecule has 6 rings (SSSR count). The number of amides is 1. The Labute approximate surface area is 261 Å². The summed E-state index contributed by atoms with van der Waals surface area (Å²) < 4.78 is 43.7. The van der Waals surface area contributed by atoms with E-state index in [1.807, 2.05) is 11.0 Å². The third kappa shape index (κ3) is 7.56. The van der Waals surface area contributed by atoms with E-state index in [2.05, 4.69) is 49.0 Å². The van der Waals surface area contributed by atoms with Crippen molar-refractivity contribution in [1.82, 2.24) is 24.7 Å². The number of aromatic nitrogens is 2. The number of likely N-dealkylation sites (tertiary alicyclic amines) is 1. The van der Waals surface area contributed by atoms with Gasteiger partial charge in [0.2, 0.25) is 5.88 Å². The van der Waals surface area contributed by atoms with Crippen LogP contribution < -0.4 is 10.1 Å². The van der Waals surface area contributed by atoms with E-state index >= 15 is 0 Å². The van der Waals surface area contributed by atoms with Crippen molar-refractivity contribution in [3.8, 4) is 5.88 Å². The Morgan fingerprint density at radius 2 is 1.69 bits per heavy atom. The molecule has 2 saturated heterocycles. The lowest BCUT2D eigenvalue weighted by Crippen LogP contribution is -2.49. The maximum absolute atomic E-state index is 13.4. The van der Waals surface area contributed by atoms with E-state index < -0.39 is 11.7 Å². The number of halogens is 3. The number of ether oxygens (including phenoxy) is 1. The molecule has 0 spiro atoms. The summed E-state index contributed by atoms with van der Waals surface area (Å²) in [6, 6.07) is 11.8. The smallest absolute Gasteiger partial charge is 0.416 e. The largest absolute Gasteiger partial charge is 0.480 e. The number of nitrogens with zero attached hydrogens (tertiary/aromatic N) is 5. The number of benzene rings is 2. The molecule has 1 aromatic heterocycles. The summed E-state index contributed by atoms with van der Waals surface area (Å²) in [7, 11) is 1.59. The van der Waals surface area contributed by atoms with E-state index in [4.69, 9.17) is 4.74 Å².